The van der Waals surface area contributed by atoms with Gasteiger partial charge in [-0.2, -0.15) is 0 Å². The summed E-state index contributed by atoms with van der Waals surface area (Å²) < 4.78 is 1.97. The van der Waals surface area contributed by atoms with E-state index in [1.807, 2.05) is 42.5 Å². The van der Waals surface area contributed by atoms with Gasteiger partial charge in [-0.1, -0.05) is 50.1 Å². The van der Waals surface area contributed by atoms with Gasteiger partial charge >= 0.3 is 0 Å². The first kappa shape index (κ1) is 13.2. The Morgan fingerprint density at radius 1 is 0.944 bits per heavy atom. The molecule has 0 fully saturated rings. The summed E-state index contributed by atoms with van der Waals surface area (Å²) in [6, 6.07) is 15.1. The van der Waals surface area contributed by atoms with E-state index in [0.29, 0.717) is 5.56 Å². The van der Waals surface area contributed by atoms with Crippen molar-refractivity contribution in [2.75, 3.05) is 0 Å². The molecule has 0 aliphatic rings. The van der Waals surface area contributed by atoms with Gasteiger partial charge in [-0.15, -0.1) is 0 Å². The third-order valence-electron chi connectivity index (χ3n) is 2.40. The minimum Gasteiger partial charge on any atom is -0.289 e. The zero-order valence-electron chi connectivity index (χ0n) is 9.44. The maximum atomic E-state index is 11.9. The average Bonchev–Trinajstić information content (AvgIpc) is 2.37. The molecule has 0 aromatic heterocycles. The molecule has 0 bridgehead atoms. The third kappa shape index (κ3) is 3.65. The van der Waals surface area contributed by atoms with Crippen LogP contribution < -0.4 is 0 Å². The molecule has 0 saturated carbocycles. The van der Waals surface area contributed by atoms with Crippen molar-refractivity contribution in [3.8, 4) is 0 Å². The fourth-order valence-electron chi connectivity index (χ4n) is 1.49. The predicted octanol–water partition coefficient (Wildman–Crippen LogP) is 5.11. The molecule has 1 nitrogen and oxygen atoms in total. The number of carbonyl (C=O) groups is 1. The minimum absolute atomic E-state index is 0.00229. The van der Waals surface area contributed by atoms with Gasteiger partial charge in [0.1, 0.15) is 0 Å². The van der Waals surface area contributed by atoms with E-state index in [4.69, 9.17) is 0 Å². The Morgan fingerprint density at radius 3 is 2.33 bits per heavy atom. The van der Waals surface area contributed by atoms with E-state index >= 15 is 0 Å². The van der Waals surface area contributed by atoms with Gasteiger partial charge in [0.25, 0.3) is 0 Å². The Bertz CT molecular complexity index is 586. The van der Waals surface area contributed by atoms with Crippen LogP contribution in [0.25, 0.3) is 6.08 Å². The summed E-state index contributed by atoms with van der Waals surface area (Å²) in [4.78, 5) is 11.9. The molecule has 0 atom stereocenters. The number of benzene rings is 2. The average molecular weight is 366 g/mol. The van der Waals surface area contributed by atoms with Crippen molar-refractivity contribution in [2.45, 2.75) is 0 Å². The second-order valence-electron chi connectivity index (χ2n) is 3.76. The van der Waals surface area contributed by atoms with Crippen LogP contribution >= 0.6 is 31.9 Å². The molecule has 3 heteroatoms. The van der Waals surface area contributed by atoms with Crippen LogP contribution in [0.15, 0.2) is 63.6 Å². The summed E-state index contributed by atoms with van der Waals surface area (Å²) >= 11 is 6.74. The summed E-state index contributed by atoms with van der Waals surface area (Å²) in [6.45, 7) is 0. The van der Waals surface area contributed by atoms with Crippen molar-refractivity contribution in [3.63, 3.8) is 0 Å². The number of rotatable bonds is 3. The number of ketones is 1. The van der Waals surface area contributed by atoms with Crippen LogP contribution in [0.5, 0.6) is 0 Å². The van der Waals surface area contributed by atoms with Crippen LogP contribution in [0.4, 0.5) is 0 Å². The monoisotopic (exact) mass is 364 g/mol. The first-order valence-corrected chi connectivity index (χ1v) is 6.97. The van der Waals surface area contributed by atoms with E-state index in [1.54, 1.807) is 18.2 Å². The van der Waals surface area contributed by atoms with Crippen molar-refractivity contribution in [1.29, 1.82) is 0 Å². The van der Waals surface area contributed by atoms with Gasteiger partial charge in [-0.3, -0.25) is 4.79 Å². The van der Waals surface area contributed by atoms with Crippen molar-refractivity contribution in [2.24, 2.45) is 0 Å². The molecule has 18 heavy (non-hydrogen) atoms. The molecule has 0 radical (unpaired) electrons. The van der Waals surface area contributed by atoms with Crippen LogP contribution in [-0.4, -0.2) is 5.78 Å². The fraction of sp³-hybridized carbons (Fsp3) is 0. The number of hydrogen-bond acceptors (Lipinski definition) is 1. The van der Waals surface area contributed by atoms with E-state index < -0.39 is 0 Å². The first-order valence-electron chi connectivity index (χ1n) is 5.39. The number of hydrogen-bond donors (Lipinski definition) is 0. The molecule has 0 heterocycles. The predicted molar refractivity (Wildman–Crippen MR) is 81.6 cm³/mol. The summed E-state index contributed by atoms with van der Waals surface area (Å²) in [5.41, 5.74) is 1.68. The van der Waals surface area contributed by atoms with Gasteiger partial charge in [0, 0.05) is 14.5 Å². The van der Waals surface area contributed by atoms with Crippen molar-refractivity contribution >= 4 is 43.7 Å². The van der Waals surface area contributed by atoms with E-state index in [2.05, 4.69) is 31.9 Å². The molecule has 90 valence electrons. The van der Waals surface area contributed by atoms with E-state index in [0.717, 1.165) is 14.5 Å². The molecule has 2 rings (SSSR count). The lowest BCUT2D eigenvalue weighted by Crippen LogP contribution is -1.93. The van der Waals surface area contributed by atoms with Crippen LogP contribution in [0.1, 0.15) is 15.9 Å². The Morgan fingerprint density at radius 2 is 1.67 bits per heavy atom. The van der Waals surface area contributed by atoms with Crippen LogP contribution in [-0.2, 0) is 0 Å². The zero-order valence-corrected chi connectivity index (χ0v) is 12.6. The first-order chi connectivity index (χ1) is 8.65. The Kier molecular flexibility index (Phi) is 4.50. The normalized spacial score (nSPS) is 10.8. The number of halogens is 2. The largest absolute Gasteiger partial charge is 0.289 e. The maximum Gasteiger partial charge on any atom is 0.185 e. The highest BCUT2D eigenvalue weighted by Gasteiger charge is 2.00. The Labute approximate surface area is 123 Å². The molecular weight excluding hydrogens is 356 g/mol. The van der Waals surface area contributed by atoms with Gasteiger partial charge in [0.15, 0.2) is 5.78 Å². The van der Waals surface area contributed by atoms with Crippen LogP contribution in [0.2, 0.25) is 0 Å². The van der Waals surface area contributed by atoms with Gasteiger partial charge in [-0.25, -0.2) is 0 Å². The van der Waals surface area contributed by atoms with Crippen LogP contribution in [0.3, 0.4) is 0 Å². The van der Waals surface area contributed by atoms with Gasteiger partial charge < -0.3 is 0 Å². The second-order valence-corrected chi connectivity index (χ2v) is 5.59. The minimum atomic E-state index is 0.00229. The summed E-state index contributed by atoms with van der Waals surface area (Å²) in [6.07, 6.45) is 3.40. The maximum absolute atomic E-state index is 11.9. The molecule has 0 amide bonds. The number of carbonyl (C=O) groups excluding carboxylic acids is 1. The topological polar surface area (TPSA) is 17.1 Å². The van der Waals surface area contributed by atoms with Crippen molar-refractivity contribution < 1.29 is 4.79 Å². The Balaban J connectivity index is 2.14. The zero-order chi connectivity index (χ0) is 13.0. The molecule has 0 aliphatic heterocycles. The van der Waals surface area contributed by atoms with E-state index in [1.165, 1.54) is 0 Å². The SMILES string of the molecule is O=C(C=Cc1cccc(Br)c1)c1ccc(Br)cc1. The van der Waals surface area contributed by atoms with Crippen molar-refractivity contribution in [1.82, 2.24) is 0 Å². The quantitative estimate of drug-likeness (QED) is 0.545. The summed E-state index contributed by atoms with van der Waals surface area (Å²) in [5, 5.41) is 0. The van der Waals surface area contributed by atoms with E-state index in [9.17, 15) is 4.79 Å². The molecule has 0 spiro atoms. The Hall–Kier alpha value is -1.19. The van der Waals surface area contributed by atoms with Crippen LogP contribution in [0, 0.1) is 0 Å². The standard InChI is InChI=1S/C15H10Br2O/c16-13-7-5-12(6-8-13)15(18)9-4-11-2-1-3-14(17)10-11/h1-10H. The lowest BCUT2D eigenvalue weighted by Gasteiger charge is -1.97. The highest BCUT2D eigenvalue weighted by atomic mass is 79.9. The van der Waals surface area contributed by atoms with Crippen molar-refractivity contribution in [3.05, 3.63) is 74.7 Å². The van der Waals surface area contributed by atoms with Gasteiger partial charge in [-0.05, 0) is 48.0 Å². The molecule has 0 aliphatic carbocycles. The smallest absolute Gasteiger partial charge is 0.185 e. The molecule has 0 unspecified atom stereocenters. The lowest BCUT2D eigenvalue weighted by atomic mass is 10.1. The summed E-state index contributed by atoms with van der Waals surface area (Å²) in [5.74, 6) is 0.00229. The highest BCUT2D eigenvalue weighted by Crippen LogP contribution is 2.14. The van der Waals surface area contributed by atoms with E-state index in [-0.39, 0.29) is 5.78 Å². The third-order valence-corrected chi connectivity index (χ3v) is 3.43. The van der Waals surface area contributed by atoms with Gasteiger partial charge in [0.2, 0.25) is 0 Å². The summed E-state index contributed by atoms with van der Waals surface area (Å²) in [7, 11) is 0. The molecule has 2 aromatic rings. The fourth-order valence-corrected chi connectivity index (χ4v) is 2.17. The molecule has 2 aromatic carbocycles. The number of allylic oxidation sites excluding steroid dienone is 1. The second kappa shape index (κ2) is 6.12. The molecular formula is C15H10Br2O. The lowest BCUT2D eigenvalue weighted by molar-refractivity contribution is 0.104. The van der Waals surface area contributed by atoms with Gasteiger partial charge in [0.05, 0.1) is 0 Å². The molecule has 0 saturated heterocycles. The molecule has 0 N–H and O–H groups in total. The highest BCUT2D eigenvalue weighted by molar-refractivity contribution is 9.10.